The standard InChI is InChI=1S/C22H22N4O6S2/c1-5-31-21(30)17-11(2)18(12(3)27)34-20(17)24-16(29)10-33-22-26-25-19(32-22)14-6-8-15(9-7-14)23-13(4)28/h6-9H,5,10H2,1-4H3,(H,23,28)(H,24,29). The van der Waals surface area contributed by atoms with Gasteiger partial charge in [-0.25, -0.2) is 4.79 Å². The molecule has 0 fully saturated rings. The predicted octanol–water partition coefficient (Wildman–Crippen LogP) is 4.18. The number of hydrogen-bond acceptors (Lipinski definition) is 10. The zero-order valence-electron chi connectivity index (χ0n) is 18.9. The highest BCUT2D eigenvalue weighted by Crippen LogP contribution is 2.34. The average molecular weight is 503 g/mol. The lowest BCUT2D eigenvalue weighted by atomic mass is 10.1. The van der Waals surface area contributed by atoms with Crippen molar-refractivity contribution in [3.63, 3.8) is 0 Å². The van der Waals surface area contributed by atoms with Crippen molar-refractivity contribution >= 4 is 57.4 Å². The summed E-state index contributed by atoms with van der Waals surface area (Å²) in [6.07, 6.45) is 0. The van der Waals surface area contributed by atoms with Gasteiger partial charge in [-0.3, -0.25) is 14.4 Å². The number of anilines is 2. The number of ketones is 1. The van der Waals surface area contributed by atoms with Gasteiger partial charge in [0.2, 0.25) is 17.7 Å². The van der Waals surface area contributed by atoms with E-state index in [4.69, 9.17) is 9.15 Å². The molecule has 0 spiro atoms. The van der Waals surface area contributed by atoms with Crippen LogP contribution < -0.4 is 10.6 Å². The van der Waals surface area contributed by atoms with Crippen molar-refractivity contribution < 1.29 is 28.3 Å². The van der Waals surface area contributed by atoms with Crippen LogP contribution in [-0.2, 0) is 14.3 Å². The van der Waals surface area contributed by atoms with Gasteiger partial charge in [0.25, 0.3) is 5.22 Å². The van der Waals surface area contributed by atoms with E-state index in [0.29, 0.717) is 21.7 Å². The molecule has 0 aliphatic rings. The van der Waals surface area contributed by atoms with E-state index in [-0.39, 0.29) is 45.7 Å². The van der Waals surface area contributed by atoms with E-state index in [1.165, 1.54) is 13.8 Å². The molecule has 2 aromatic heterocycles. The second-order valence-electron chi connectivity index (χ2n) is 7.01. The van der Waals surface area contributed by atoms with E-state index in [2.05, 4.69) is 20.8 Å². The summed E-state index contributed by atoms with van der Waals surface area (Å²) in [4.78, 5) is 48.3. The van der Waals surface area contributed by atoms with Crippen molar-refractivity contribution in [2.45, 2.75) is 32.9 Å². The number of thioether (sulfide) groups is 1. The fourth-order valence-corrected chi connectivity index (χ4v) is 4.63. The molecule has 34 heavy (non-hydrogen) atoms. The number of amides is 2. The largest absolute Gasteiger partial charge is 0.462 e. The van der Waals surface area contributed by atoms with Crippen molar-refractivity contribution in [2.24, 2.45) is 0 Å². The molecule has 10 nitrogen and oxygen atoms in total. The van der Waals surface area contributed by atoms with E-state index < -0.39 is 11.9 Å². The molecule has 0 saturated heterocycles. The Labute approximate surface area is 203 Å². The lowest BCUT2D eigenvalue weighted by molar-refractivity contribution is -0.114. The number of nitrogens with one attached hydrogen (secondary N) is 2. The highest BCUT2D eigenvalue weighted by atomic mass is 32.2. The third-order valence-electron chi connectivity index (χ3n) is 4.38. The van der Waals surface area contributed by atoms with Gasteiger partial charge < -0.3 is 19.8 Å². The van der Waals surface area contributed by atoms with Gasteiger partial charge in [-0.05, 0) is 50.6 Å². The molecule has 2 heterocycles. The van der Waals surface area contributed by atoms with E-state index in [9.17, 15) is 19.2 Å². The minimum atomic E-state index is -0.599. The molecule has 0 unspecified atom stereocenters. The van der Waals surface area contributed by atoms with Crippen molar-refractivity contribution in [1.82, 2.24) is 10.2 Å². The van der Waals surface area contributed by atoms with Gasteiger partial charge in [0, 0.05) is 18.2 Å². The summed E-state index contributed by atoms with van der Waals surface area (Å²) < 4.78 is 10.7. The number of ether oxygens (including phenoxy) is 1. The number of esters is 1. The normalized spacial score (nSPS) is 10.6. The number of hydrogen-bond donors (Lipinski definition) is 2. The van der Waals surface area contributed by atoms with Crippen LogP contribution in [0.1, 0.15) is 46.4 Å². The molecule has 0 saturated carbocycles. The van der Waals surface area contributed by atoms with Crippen LogP contribution in [0.15, 0.2) is 33.9 Å². The average Bonchev–Trinajstić information content (AvgIpc) is 3.37. The fraction of sp³-hybridized carbons (Fsp3) is 0.273. The van der Waals surface area contributed by atoms with E-state index >= 15 is 0 Å². The number of benzene rings is 1. The van der Waals surface area contributed by atoms with Gasteiger partial charge in [-0.2, -0.15) is 0 Å². The summed E-state index contributed by atoms with van der Waals surface area (Å²) in [5.74, 6) is -1.18. The van der Waals surface area contributed by atoms with Crippen LogP contribution >= 0.6 is 23.1 Å². The minimum Gasteiger partial charge on any atom is -0.462 e. The van der Waals surface area contributed by atoms with E-state index in [0.717, 1.165) is 23.1 Å². The molecule has 3 rings (SSSR count). The van der Waals surface area contributed by atoms with Crippen molar-refractivity contribution in [3.05, 3.63) is 40.3 Å². The zero-order valence-corrected chi connectivity index (χ0v) is 20.5. The van der Waals surface area contributed by atoms with Crippen LogP contribution in [0.2, 0.25) is 0 Å². The first-order valence-electron chi connectivity index (χ1n) is 10.1. The van der Waals surface area contributed by atoms with E-state index in [1.807, 2.05) is 0 Å². The second kappa shape index (κ2) is 11.1. The Bertz CT molecular complexity index is 1230. The Morgan fingerprint density at radius 2 is 1.79 bits per heavy atom. The van der Waals surface area contributed by atoms with Crippen molar-refractivity contribution in [2.75, 3.05) is 23.0 Å². The van der Waals surface area contributed by atoms with Gasteiger partial charge >= 0.3 is 5.97 Å². The van der Waals surface area contributed by atoms with Crippen molar-refractivity contribution in [1.29, 1.82) is 0 Å². The number of aromatic nitrogens is 2. The topological polar surface area (TPSA) is 140 Å². The molecule has 3 aromatic rings. The quantitative estimate of drug-likeness (QED) is 0.250. The van der Waals surface area contributed by atoms with Crippen molar-refractivity contribution in [3.8, 4) is 11.5 Å². The van der Waals surface area contributed by atoms with Gasteiger partial charge in [-0.15, -0.1) is 21.5 Å². The number of Topliss-reactive ketones (excluding diaryl/α,β-unsaturated/α-hetero) is 1. The third kappa shape index (κ3) is 6.08. The number of carbonyl (C=O) groups is 4. The first-order chi connectivity index (χ1) is 16.2. The molecule has 0 radical (unpaired) electrons. The summed E-state index contributed by atoms with van der Waals surface area (Å²) in [5.41, 5.74) is 1.95. The number of rotatable bonds is 9. The molecule has 2 amide bonds. The smallest absolute Gasteiger partial charge is 0.341 e. The Balaban J connectivity index is 1.65. The molecule has 2 N–H and O–H groups in total. The Morgan fingerprint density at radius 1 is 1.09 bits per heavy atom. The van der Waals surface area contributed by atoms with Crippen LogP contribution in [0.3, 0.4) is 0 Å². The maximum absolute atomic E-state index is 12.5. The molecule has 0 aliphatic carbocycles. The molecule has 1 aromatic carbocycles. The van der Waals surface area contributed by atoms with Crippen LogP contribution in [-0.4, -0.2) is 46.1 Å². The molecule has 0 atom stereocenters. The Morgan fingerprint density at radius 3 is 2.41 bits per heavy atom. The number of carbonyl (C=O) groups excluding carboxylic acids is 4. The summed E-state index contributed by atoms with van der Waals surface area (Å²) in [5, 5.41) is 13.7. The zero-order chi connectivity index (χ0) is 24.8. The van der Waals surface area contributed by atoms with Gasteiger partial charge in [0.05, 0.1) is 22.8 Å². The minimum absolute atomic E-state index is 0.0578. The highest BCUT2D eigenvalue weighted by Gasteiger charge is 2.25. The summed E-state index contributed by atoms with van der Waals surface area (Å²) in [6.45, 7) is 6.31. The van der Waals surface area contributed by atoms with Gasteiger partial charge in [0.15, 0.2) is 5.78 Å². The van der Waals surface area contributed by atoms with Gasteiger partial charge in [0.1, 0.15) is 5.00 Å². The predicted molar refractivity (Wildman–Crippen MR) is 128 cm³/mol. The van der Waals surface area contributed by atoms with Crippen LogP contribution in [0.5, 0.6) is 0 Å². The van der Waals surface area contributed by atoms with E-state index in [1.54, 1.807) is 38.1 Å². The Hall–Kier alpha value is -3.51. The third-order valence-corrected chi connectivity index (χ3v) is 6.51. The molecule has 0 aliphatic heterocycles. The maximum Gasteiger partial charge on any atom is 0.341 e. The summed E-state index contributed by atoms with van der Waals surface area (Å²) in [6, 6.07) is 6.87. The summed E-state index contributed by atoms with van der Waals surface area (Å²) >= 11 is 2.06. The Kier molecular flexibility index (Phi) is 8.18. The maximum atomic E-state index is 12.5. The monoisotopic (exact) mass is 502 g/mol. The van der Waals surface area contributed by atoms with Gasteiger partial charge in [-0.1, -0.05) is 11.8 Å². The number of nitrogens with zero attached hydrogens (tertiary/aromatic N) is 2. The summed E-state index contributed by atoms with van der Waals surface area (Å²) in [7, 11) is 0. The molecule has 12 heteroatoms. The van der Waals surface area contributed by atoms with Crippen LogP contribution in [0, 0.1) is 6.92 Å². The molecule has 0 bridgehead atoms. The fourth-order valence-electron chi connectivity index (χ4n) is 2.96. The van der Waals surface area contributed by atoms with Crippen LogP contribution in [0.25, 0.3) is 11.5 Å². The number of thiophene rings is 1. The first-order valence-corrected chi connectivity index (χ1v) is 11.9. The van der Waals surface area contributed by atoms with Crippen LogP contribution in [0.4, 0.5) is 10.7 Å². The second-order valence-corrected chi connectivity index (χ2v) is 8.95. The highest BCUT2D eigenvalue weighted by molar-refractivity contribution is 7.99. The SMILES string of the molecule is CCOC(=O)c1c(NC(=O)CSc2nnc(-c3ccc(NC(C)=O)cc3)o2)sc(C(C)=O)c1C. The lowest BCUT2D eigenvalue weighted by Crippen LogP contribution is -2.16. The lowest BCUT2D eigenvalue weighted by Gasteiger charge is -2.06. The molecular weight excluding hydrogens is 480 g/mol. The first kappa shape index (κ1) is 25.1. The molecular formula is C22H22N4O6S2. The molecule has 178 valence electrons.